The topological polar surface area (TPSA) is 124 Å². The van der Waals surface area contributed by atoms with Gasteiger partial charge in [0.1, 0.15) is 17.1 Å². The van der Waals surface area contributed by atoms with E-state index >= 15 is 0 Å². The first kappa shape index (κ1) is 33.6. The molecule has 0 fully saturated rings. The maximum absolute atomic E-state index is 13.1. The van der Waals surface area contributed by atoms with Gasteiger partial charge in [-0.2, -0.15) is 0 Å². The summed E-state index contributed by atoms with van der Waals surface area (Å²) in [4.78, 5) is 13.3. The Balaban J connectivity index is 1.49. The highest BCUT2D eigenvalue weighted by Gasteiger charge is 2.32. The Hall–Kier alpha value is -4.26. The molecule has 0 saturated carbocycles. The number of hydrogen-bond acceptors (Lipinski definition) is 11. The molecule has 12 heteroatoms. The van der Waals surface area contributed by atoms with E-state index in [1.807, 2.05) is 24.3 Å². The molecule has 0 radical (unpaired) electrons. The van der Waals surface area contributed by atoms with Gasteiger partial charge in [0.15, 0.2) is 28.7 Å². The van der Waals surface area contributed by atoms with Gasteiger partial charge in [-0.1, -0.05) is 12.1 Å². The van der Waals surface area contributed by atoms with Crippen molar-refractivity contribution in [3.05, 3.63) is 70.1 Å². The van der Waals surface area contributed by atoms with Gasteiger partial charge in [-0.05, 0) is 47.5 Å². The Bertz CT molecular complexity index is 1510. The average molecular weight is 644 g/mol. The van der Waals surface area contributed by atoms with Crippen LogP contribution in [0.2, 0.25) is 0 Å². The molecule has 0 aliphatic heterocycles. The maximum atomic E-state index is 13.1. The summed E-state index contributed by atoms with van der Waals surface area (Å²) >= 11 is 0. The van der Waals surface area contributed by atoms with Crippen LogP contribution in [0.25, 0.3) is 11.0 Å². The van der Waals surface area contributed by atoms with Crippen LogP contribution >= 0.6 is 0 Å². The van der Waals surface area contributed by atoms with Gasteiger partial charge < -0.3 is 47.4 Å². The number of hydrogen-bond donors (Lipinski definition) is 1. The highest BCUT2D eigenvalue weighted by Crippen LogP contribution is 2.39. The van der Waals surface area contributed by atoms with Crippen LogP contribution in [0.1, 0.15) is 11.1 Å². The molecule has 242 valence electrons. The highest BCUT2D eigenvalue weighted by atomic mass is 32.2. The number of methoxy groups -OCH3 is 6. The molecular formula is C33H39O11S+. The molecule has 4 aromatic rings. The first-order valence-electron chi connectivity index (χ1n) is 14.0. The first-order valence-corrected chi connectivity index (χ1v) is 15.6. The molecule has 0 saturated heterocycles. The van der Waals surface area contributed by atoms with E-state index < -0.39 is 16.5 Å². The molecule has 45 heavy (non-hydrogen) atoms. The average Bonchev–Trinajstić information content (AvgIpc) is 3.06. The Kier molecular flexibility index (Phi) is 12.1. The maximum Gasteiger partial charge on any atom is 0.396 e. The summed E-state index contributed by atoms with van der Waals surface area (Å²) in [7, 11) is 8.55. The molecule has 0 bridgehead atoms. The van der Waals surface area contributed by atoms with Crippen LogP contribution in [-0.2, 0) is 33.6 Å². The highest BCUT2D eigenvalue weighted by molar-refractivity contribution is 7.97. The van der Waals surface area contributed by atoms with Crippen molar-refractivity contribution in [3.8, 4) is 40.2 Å². The molecule has 0 atom stereocenters. The normalized spacial score (nSPS) is 11.1. The summed E-state index contributed by atoms with van der Waals surface area (Å²) in [5, 5.41) is 11.7. The van der Waals surface area contributed by atoms with Crippen molar-refractivity contribution >= 4 is 21.9 Å². The largest absolute Gasteiger partial charge is 0.503 e. The predicted octanol–water partition coefficient (Wildman–Crippen LogP) is 4.96. The van der Waals surface area contributed by atoms with Gasteiger partial charge in [0.2, 0.25) is 11.5 Å². The van der Waals surface area contributed by atoms with Gasteiger partial charge in [-0.15, -0.1) is 0 Å². The summed E-state index contributed by atoms with van der Waals surface area (Å²) in [6, 6.07) is 14.2. The molecule has 1 aromatic heterocycles. The van der Waals surface area contributed by atoms with E-state index in [0.29, 0.717) is 70.2 Å². The first-order chi connectivity index (χ1) is 21.9. The Morgan fingerprint density at radius 3 is 1.53 bits per heavy atom. The minimum Gasteiger partial charge on any atom is -0.503 e. The van der Waals surface area contributed by atoms with E-state index in [4.69, 9.17) is 42.3 Å². The van der Waals surface area contributed by atoms with Crippen molar-refractivity contribution in [3.63, 3.8) is 0 Å². The van der Waals surface area contributed by atoms with E-state index in [9.17, 15) is 9.90 Å². The summed E-state index contributed by atoms with van der Waals surface area (Å²) in [5.41, 5.74) is 1.39. The van der Waals surface area contributed by atoms with Crippen LogP contribution in [0, 0.1) is 0 Å². The van der Waals surface area contributed by atoms with Gasteiger partial charge >= 0.3 is 5.63 Å². The van der Waals surface area contributed by atoms with Crippen molar-refractivity contribution < 1.29 is 47.4 Å². The lowest BCUT2D eigenvalue weighted by Crippen LogP contribution is -2.25. The van der Waals surface area contributed by atoms with E-state index in [-0.39, 0.29) is 23.9 Å². The van der Waals surface area contributed by atoms with Gasteiger partial charge in [-0.25, -0.2) is 4.79 Å². The number of aromatic hydroxyl groups is 1. The molecule has 3 aromatic carbocycles. The van der Waals surface area contributed by atoms with E-state index in [0.717, 1.165) is 11.1 Å². The molecule has 4 rings (SSSR count). The van der Waals surface area contributed by atoms with Gasteiger partial charge in [-0.3, -0.25) is 0 Å². The summed E-state index contributed by atoms with van der Waals surface area (Å²) in [6.07, 6.45) is 0. The van der Waals surface area contributed by atoms with E-state index in [1.165, 1.54) is 0 Å². The molecule has 1 N–H and O–H groups in total. The van der Waals surface area contributed by atoms with Crippen LogP contribution in [0.15, 0.2) is 62.6 Å². The molecule has 1 heterocycles. The van der Waals surface area contributed by atoms with Crippen molar-refractivity contribution in [2.45, 2.75) is 18.1 Å². The minimum atomic E-state index is -0.762. The molecule has 0 unspecified atom stereocenters. The number of benzene rings is 3. The summed E-state index contributed by atoms with van der Waals surface area (Å²) < 4.78 is 50.2. The molecule has 11 nitrogen and oxygen atoms in total. The lowest BCUT2D eigenvalue weighted by Gasteiger charge is -2.15. The van der Waals surface area contributed by atoms with Crippen LogP contribution in [0.5, 0.6) is 40.2 Å². The monoisotopic (exact) mass is 643 g/mol. The number of para-hydroxylation sites is 1. The van der Waals surface area contributed by atoms with Crippen LogP contribution in [0.4, 0.5) is 0 Å². The zero-order chi connectivity index (χ0) is 32.3. The third-order valence-electron chi connectivity index (χ3n) is 6.97. The molecule has 0 spiro atoms. The second-order valence-corrected chi connectivity index (χ2v) is 11.8. The zero-order valence-electron chi connectivity index (χ0n) is 26.3. The van der Waals surface area contributed by atoms with Crippen molar-refractivity contribution in [2.24, 2.45) is 0 Å². The Morgan fingerprint density at radius 1 is 0.667 bits per heavy atom. The fourth-order valence-corrected chi connectivity index (χ4v) is 6.72. The smallest absolute Gasteiger partial charge is 0.396 e. The lowest BCUT2D eigenvalue weighted by molar-refractivity contribution is 0.132. The van der Waals surface area contributed by atoms with Crippen LogP contribution in [-0.4, -0.2) is 72.5 Å². The number of ether oxygens (including phenoxy) is 8. The number of rotatable bonds is 17. The van der Waals surface area contributed by atoms with Crippen molar-refractivity contribution in [2.75, 3.05) is 67.4 Å². The minimum absolute atomic E-state index is 0.0839. The van der Waals surface area contributed by atoms with Gasteiger partial charge in [0.05, 0.1) is 74.5 Å². The van der Waals surface area contributed by atoms with Crippen molar-refractivity contribution in [1.82, 2.24) is 0 Å². The molecular weight excluding hydrogens is 604 g/mol. The summed E-state index contributed by atoms with van der Waals surface area (Å²) in [6.45, 7) is 1.14. The SMILES string of the molecule is COc1cc(COCC[S+](CCOCc2cc(OC)c(OC)c(OC)c2)c2c(O)c3ccccc3oc2=O)cc(OC)c1OC. The number of fused-ring (bicyclic) bond motifs is 1. The van der Waals surface area contributed by atoms with Crippen molar-refractivity contribution in [1.29, 1.82) is 0 Å². The Labute approximate surface area is 264 Å². The molecule has 0 aliphatic rings. The Morgan fingerprint density at radius 2 is 1.11 bits per heavy atom. The summed E-state index contributed by atoms with van der Waals surface area (Å²) in [5.74, 6) is 3.92. The fourth-order valence-electron chi connectivity index (χ4n) is 4.81. The quantitative estimate of drug-likeness (QED) is 0.0954. The fraction of sp³-hybridized carbons (Fsp3) is 0.364. The third-order valence-corrected chi connectivity index (χ3v) is 9.22. The lowest BCUT2D eigenvalue weighted by atomic mass is 10.2. The standard InChI is InChI=1S/C33H38O11S/c1-36-25-15-21(16-26(37-2)30(25)40-5)19-42-11-13-45(32-29(34)23-9-7-8-10-24(23)44-33(32)35)14-12-43-20-22-17-27(38-3)31(41-6)28(18-22)39-4/h7-10,15-18H,11-14,19-20H2,1-6H3/p+1. The van der Waals surface area contributed by atoms with Gasteiger partial charge in [0, 0.05) is 10.9 Å². The third kappa shape index (κ3) is 7.88. The molecule has 0 amide bonds. The predicted molar refractivity (Wildman–Crippen MR) is 171 cm³/mol. The van der Waals surface area contributed by atoms with Crippen LogP contribution in [0.3, 0.4) is 0 Å². The van der Waals surface area contributed by atoms with Gasteiger partial charge in [0.25, 0.3) is 4.90 Å². The molecule has 0 aliphatic carbocycles. The van der Waals surface area contributed by atoms with E-state index in [1.54, 1.807) is 66.9 Å². The van der Waals surface area contributed by atoms with E-state index in [2.05, 4.69) is 0 Å². The van der Waals surface area contributed by atoms with Crippen LogP contribution < -0.4 is 34.0 Å². The second kappa shape index (κ2) is 16.2. The second-order valence-electron chi connectivity index (χ2n) is 9.64. The zero-order valence-corrected chi connectivity index (χ0v) is 27.1.